The van der Waals surface area contributed by atoms with Gasteiger partial charge in [0.2, 0.25) is 5.91 Å². The summed E-state index contributed by atoms with van der Waals surface area (Å²) < 4.78 is 32.1. The number of hydrogen-bond acceptors (Lipinski definition) is 8. The molecule has 0 saturated heterocycles. The van der Waals surface area contributed by atoms with Gasteiger partial charge in [-0.15, -0.1) is 0 Å². The molecule has 166 valence electrons. The highest BCUT2D eigenvalue weighted by Crippen LogP contribution is 2.28. The summed E-state index contributed by atoms with van der Waals surface area (Å²) in [5.74, 6) is 0.299. The predicted octanol–water partition coefficient (Wildman–Crippen LogP) is 3.87. The summed E-state index contributed by atoms with van der Waals surface area (Å²) >= 11 is 1.22. The van der Waals surface area contributed by atoms with Crippen LogP contribution < -0.4 is 10.0 Å². The van der Waals surface area contributed by atoms with E-state index < -0.39 is 15.3 Å². The topological polar surface area (TPSA) is 138 Å². The number of pyridine rings is 1. The van der Waals surface area contributed by atoms with E-state index in [0.29, 0.717) is 28.5 Å². The van der Waals surface area contributed by atoms with Crippen LogP contribution in [-0.2, 0) is 14.8 Å². The van der Waals surface area contributed by atoms with Gasteiger partial charge in [-0.3, -0.25) is 9.52 Å². The van der Waals surface area contributed by atoms with Gasteiger partial charge in [-0.1, -0.05) is 23.8 Å². The Morgan fingerprint density at radius 1 is 1.22 bits per heavy atom. The molecule has 1 amide bonds. The van der Waals surface area contributed by atoms with E-state index in [9.17, 15) is 18.5 Å². The van der Waals surface area contributed by atoms with Gasteiger partial charge in [-0.2, -0.15) is 5.26 Å². The molecule has 9 nitrogen and oxygen atoms in total. The third-order valence-corrected chi connectivity index (χ3v) is 7.07. The van der Waals surface area contributed by atoms with Crippen molar-refractivity contribution in [1.82, 2.24) is 10.1 Å². The zero-order valence-electron chi connectivity index (χ0n) is 17.6. The van der Waals surface area contributed by atoms with E-state index in [1.807, 2.05) is 13.8 Å². The van der Waals surface area contributed by atoms with Crippen molar-refractivity contribution in [2.45, 2.75) is 42.4 Å². The number of nitriles is 1. The number of nitrogens with one attached hydrogen (secondary N) is 2. The number of thioether (sulfide) groups is 1. The lowest BCUT2D eigenvalue weighted by atomic mass is 10.2. The van der Waals surface area contributed by atoms with E-state index in [1.54, 1.807) is 19.1 Å². The first-order valence-electron chi connectivity index (χ1n) is 9.63. The number of carbonyl (C=O) groups is 1. The van der Waals surface area contributed by atoms with E-state index >= 15 is 0 Å². The molecule has 1 aromatic carbocycles. The lowest BCUT2D eigenvalue weighted by Crippen LogP contribution is -2.25. The fraction of sp³-hybridized carbons (Fsp3) is 0.238. The number of nitrogens with zero attached hydrogens (tertiary/aromatic N) is 3. The van der Waals surface area contributed by atoms with Crippen LogP contribution in [0.15, 0.2) is 56.9 Å². The summed E-state index contributed by atoms with van der Waals surface area (Å²) in [4.78, 5) is 17.2. The maximum Gasteiger partial charge on any atom is 0.263 e. The molecule has 3 aromatic rings. The van der Waals surface area contributed by atoms with E-state index in [4.69, 9.17) is 4.52 Å². The quantitative estimate of drug-likeness (QED) is 0.472. The van der Waals surface area contributed by atoms with Crippen LogP contribution in [0.5, 0.6) is 0 Å². The minimum absolute atomic E-state index is 0.0141. The van der Waals surface area contributed by atoms with Gasteiger partial charge in [0, 0.05) is 17.4 Å². The Kier molecular flexibility index (Phi) is 7.17. The van der Waals surface area contributed by atoms with Gasteiger partial charge in [-0.05, 0) is 56.7 Å². The zero-order chi connectivity index (χ0) is 23.3. The second-order valence-electron chi connectivity index (χ2n) is 6.87. The average molecular weight is 472 g/mol. The Labute approximate surface area is 190 Å². The number of sulfonamides is 1. The Bertz CT molecular complexity index is 1260. The standard InChI is InChI=1S/C21H21N5O4S2/c1-4-18(31-21-15(12-22)6-5-13(2)23-21)20(27)24-16-7-9-17(10-8-16)32(28,29)26-19-11-14(3)30-25-19/h5-11,18H,4H2,1-3H3,(H,24,27)(H,25,26). The summed E-state index contributed by atoms with van der Waals surface area (Å²) in [6.07, 6.45) is 0.518. The van der Waals surface area contributed by atoms with E-state index in [2.05, 4.69) is 26.2 Å². The molecule has 0 bridgehead atoms. The normalized spacial score (nSPS) is 12.1. The molecule has 2 heterocycles. The number of rotatable bonds is 8. The van der Waals surface area contributed by atoms with Crippen LogP contribution in [0.1, 0.15) is 30.4 Å². The molecule has 1 unspecified atom stereocenters. The van der Waals surface area contributed by atoms with Crippen LogP contribution >= 0.6 is 11.8 Å². The molecule has 1 atom stereocenters. The third-order valence-electron chi connectivity index (χ3n) is 4.34. The molecule has 0 aliphatic carbocycles. The molecule has 0 aliphatic heterocycles. The van der Waals surface area contributed by atoms with Crippen LogP contribution in [0.4, 0.5) is 11.5 Å². The van der Waals surface area contributed by atoms with Crippen LogP contribution in [0.2, 0.25) is 0 Å². The van der Waals surface area contributed by atoms with Gasteiger partial charge in [0.15, 0.2) is 5.82 Å². The van der Waals surface area contributed by atoms with Crippen LogP contribution in [-0.4, -0.2) is 29.7 Å². The predicted molar refractivity (Wildman–Crippen MR) is 121 cm³/mol. The largest absolute Gasteiger partial charge is 0.360 e. The molecular formula is C21H21N5O4S2. The van der Waals surface area contributed by atoms with Gasteiger partial charge >= 0.3 is 0 Å². The summed E-state index contributed by atoms with van der Waals surface area (Å²) in [6.45, 7) is 5.34. The molecule has 2 N–H and O–H groups in total. The SMILES string of the molecule is CCC(Sc1nc(C)ccc1C#N)C(=O)Nc1ccc(S(=O)(=O)Nc2cc(C)on2)cc1. The maximum atomic E-state index is 12.8. The van der Waals surface area contributed by atoms with E-state index in [-0.39, 0.29) is 16.6 Å². The smallest absolute Gasteiger partial charge is 0.263 e. The van der Waals surface area contributed by atoms with Crippen molar-refractivity contribution >= 4 is 39.2 Å². The first-order chi connectivity index (χ1) is 15.2. The van der Waals surface area contributed by atoms with Crippen molar-refractivity contribution in [2.75, 3.05) is 10.0 Å². The lowest BCUT2D eigenvalue weighted by Gasteiger charge is -2.15. The second kappa shape index (κ2) is 9.84. The Balaban J connectivity index is 1.69. The highest BCUT2D eigenvalue weighted by atomic mass is 32.2. The van der Waals surface area contributed by atoms with Crippen LogP contribution in [0, 0.1) is 25.2 Å². The molecule has 32 heavy (non-hydrogen) atoms. The Morgan fingerprint density at radius 2 is 1.94 bits per heavy atom. The minimum Gasteiger partial charge on any atom is -0.360 e. The first-order valence-corrected chi connectivity index (χ1v) is 12.0. The summed E-state index contributed by atoms with van der Waals surface area (Å²) in [7, 11) is -3.85. The molecule has 0 fully saturated rings. The van der Waals surface area contributed by atoms with Crippen molar-refractivity contribution in [3.63, 3.8) is 0 Å². The van der Waals surface area contributed by atoms with Crippen LogP contribution in [0.3, 0.4) is 0 Å². The number of hydrogen-bond donors (Lipinski definition) is 2. The molecule has 3 rings (SSSR count). The lowest BCUT2D eigenvalue weighted by molar-refractivity contribution is -0.115. The third kappa shape index (κ3) is 5.66. The molecule has 0 aliphatic rings. The molecule has 2 aromatic heterocycles. The highest BCUT2D eigenvalue weighted by Gasteiger charge is 2.21. The Hall–Kier alpha value is -3.36. The van der Waals surface area contributed by atoms with Crippen molar-refractivity contribution in [2.24, 2.45) is 0 Å². The summed E-state index contributed by atoms with van der Waals surface area (Å²) in [6, 6.07) is 12.8. The number of carbonyl (C=O) groups excluding carboxylic acids is 1. The minimum atomic E-state index is -3.85. The summed E-state index contributed by atoms with van der Waals surface area (Å²) in [5, 5.41) is 15.7. The number of anilines is 2. The molecule has 11 heteroatoms. The van der Waals surface area contributed by atoms with Gasteiger partial charge in [0.05, 0.1) is 15.7 Å². The molecule has 0 saturated carbocycles. The van der Waals surface area contributed by atoms with E-state index in [1.165, 1.54) is 42.1 Å². The van der Waals surface area contributed by atoms with Crippen molar-refractivity contribution < 1.29 is 17.7 Å². The second-order valence-corrected chi connectivity index (χ2v) is 9.75. The van der Waals surface area contributed by atoms with Crippen molar-refractivity contribution in [3.8, 4) is 6.07 Å². The monoisotopic (exact) mass is 471 g/mol. The number of aromatic nitrogens is 2. The van der Waals surface area contributed by atoms with Crippen LogP contribution in [0.25, 0.3) is 0 Å². The average Bonchev–Trinajstić information content (AvgIpc) is 3.16. The molecule has 0 spiro atoms. The molecular weight excluding hydrogens is 450 g/mol. The first kappa shape index (κ1) is 23.3. The fourth-order valence-corrected chi connectivity index (χ4v) is 4.74. The zero-order valence-corrected chi connectivity index (χ0v) is 19.3. The number of amides is 1. The van der Waals surface area contributed by atoms with E-state index in [0.717, 1.165) is 5.69 Å². The van der Waals surface area contributed by atoms with Gasteiger partial charge < -0.3 is 9.84 Å². The number of aryl methyl sites for hydroxylation is 2. The van der Waals surface area contributed by atoms with Crippen molar-refractivity contribution in [1.29, 1.82) is 5.26 Å². The van der Waals surface area contributed by atoms with Gasteiger partial charge in [0.25, 0.3) is 10.0 Å². The Morgan fingerprint density at radius 3 is 2.53 bits per heavy atom. The summed E-state index contributed by atoms with van der Waals surface area (Å²) in [5.41, 5.74) is 1.62. The maximum absolute atomic E-state index is 12.8. The fourth-order valence-electron chi connectivity index (χ4n) is 2.72. The van der Waals surface area contributed by atoms with Crippen molar-refractivity contribution in [3.05, 3.63) is 59.5 Å². The molecule has 0 radical (unpaired) electrons. The van der Waals surface area contributed by atoms with Gasteiger partial charge in [-0.25, -0.2) is 13.4 Å². The number of benzene rings is 1. The highest BCUT2D eigenvalue weighted by molar-refractivity contribution is 8.00. The van der Waals surface area contributed by atoms with Gasteiger partial charge in [0.1, 0.15) is 16.9 Å².